The van der Waals surface area contributed by atoms with Gasteiger partial charge in [-0.2, -0.15) is 0 Å². The molecule has 0 radical (unpaired) electrons. The number of hydrogen-bond donors (Lipinski definition) is 2. The summed E-state index contributed by atoms with van der Waals surface area (Å²) in [6.07, 6.45) is 1.77. The number of rotatable bonds is 12. The predicted octanol–water partition coefficient (Wildman–Crippen LogP) is 2.19. The van der Waals surface area contributed by atoms with E-state index in [9.17, 15) is 9.59 Å². The number of benzene rings is 1. The lowest BCUT2D eigenvalue weighted by Crippen LogP contribution is -2.45. The van der Waals surface area contributed by atoms with E-state index in [2.05, 4.69) is 15.3 Å². The Morgan fingerprint density at radius 3 is 2.48 bits per heavy atom. The summed E-state index contributed by atoms with van der Waals surface area (Å²) in [4.78, 5) is 31.3. The minimum Gasteiger partial charge on any atom is -0.429 e. The van der Waals surface area contributed by atoms with Crippen molar-refractivity contribution in [2.75, 3.05) is 19.8 Å². The van der Waals surface area contributed by atoms with E-state index >= 15 is 0 Å². The number of hydrogen-bond acceptors (Lipinski definition) is 8. The van der Waals surface area contributed by atoms with Gasteiger partial charge in [0.25, 0.3) is 0 Å². The number of nitrogens with one attached hydrogen (secondary N) is 2. The molecule has 1 aromatic carbocycles. The van der Waals surface area contributed by atoms with E-state index in [1.807, 2.05) is 32.0 Å². The Labute approximate surface area is 169 Å². The first-order chi connectivity index (χ1) is 14.1. The largest absolute Gasteiger partial charge is 0.516 e. The van der Waals surface area contributed by atoms with Crippen molar-refractivity contribution in [2.45, 2.75) is 39.2 Å². The molecule has 29 heavy (non-hydrogen) atoms. The lowest BCUT2D eigenvalue weighted by Gasteiger charge is -2.21. The van der Waals surface area contributed by atoms with E-state index in [4.69, 9.17) is 18.9 Å². The molecule has 0 spiro atoms. The van der Waals surface area contributed by atoms with Crippen LogP contribution in [0.4, 0.5) is 4.79 Å². The second-order valence-electron chi connectivity index (χ2n) is 6.03. The van der Waals surface area contributed by atoms with E-state index in [1.54, 1.807) is 18.3 Å². The maximum Gasteiger partial charge on any atom is 0.516 e. The fourth-order valence-corrected chi connectivity index (χ4v) is 2.53. The summed E-state index contributed by atoms with van der Waals surface area (Å²) < 4.78 is 20.8. The summed E-state index contributed by atoms with van der Waals surface area (Å²) in [5.41, 5.74) is 1.50. The molecule has 0 amide bonds. The van der Waals surface area contributed by atoms with Gasteiger partial charge in [0.1, 0.15) is 12.6 Å². The van der Waals surface area contributed by atoms with Gasteiger partial charge >= 0.3 is 12.1 Å². The van der Waals surface area contributed by atoms with E-state index in [-0.39, 0.29) is 19.6 Å². The van der Waals surface area contributed by atoms with Crippen LogP contribution in [-0.2, 0) is 36.8 Å². The number of ether oxygens (including phenoxy) is 4. The molecule has 1 aromatic heterocycles. The van der Waals surface area contributed by atoms with Crippen LogP contribution < -0.4 is 5.32 Å². The molecule has 1 atom stereocenters. The number of carbonyl (C=O) groups is 2. The summed E-state index contributed by atoms with van der Waals surface area (Å²) in [6.45, 7) is 4.90. The highest BCUT2D eigenvalue weighted by atomic mass is 16.7. The SMILES string of the molecule is CCOC(CN[C@@H](Cc1cnc[nH]1)C(=O)OC(=O)OCc1ccccc1)OCC. The summed E-state index contributed by atoms with van der Waals surface area (Å²) >= 11 is 0. The zero-order valence-electron chi connectivity index (χ0n) is 16.6. The van der Waals surface area contributed by atoms with Crippen molar-refractivity contribution in [3.63, 3.8) is 0 Å². The molecule has 1 heterocycles. The minimum atomic E-state index is -1.05. The maximum absolute atomic E-state index is 12.5. The monoisotopic (exact) mass is 405 g/mol. The number of esters is 1. The smallest absolute Gasteiger partial charge is 0.429 e. The molecule has 0 bridgehead atoms. The average molecular weight is 405 g/mol. The van der Waals surface area contributed by atoms with Crippen LogP contribution in [0, 0.1) is 0 Å². The number of aromatic nitrogens is 2. The Kier molecular flexibility index (Phi) is 9.84. The third kappa shape index (κ3) is 8.43. The van der Waals surface area contributed by atoms with Crippen molar-refractivity contribution in [1.82, 2.24) is 15.3 Å². The van der Waals surface area contributed by atoms with Gasteiger partial charge in [-0.05, 0) is 19.4 Å². The summed E-state index contributed by atoms with van der Waals surface area (Å²) in [5.74, 6) is -0.760. The molecular formula is C20H27N3O6. The molecule has 0 saturated heterocycles. The zero-order chi connectivity index (χ0) is 20.9. The minimum absolute atomic E-state index is 0.0162. The predicted molar refractivity (Wildman–Crippen MR) is 104 cm³/mol. The number of aromatic amines is 1. The number of nitrogens with zero attached hydrogens (tertiary/aromatic N) is 1. The van der Waals surface area contributed by atoms with E-state index in [0.717, 1.165) is 5.56 Å². The highest BCUT2D eigenvalue weighted by Gasteiger charge is 2.25. The summed E-state index contributed by atoms with van der Waals surface area (Å²) in [5, 5.41) is 3.03. The van der Waals surface area contributed by atoms with Crippen molar-refractivity contribution in [1.29, 1.82) is 0 Å². The van der Waals surface area contributed by atoms with Crippen LogP contribution in [0.5, 0.6) is 0 Å². The van der Waals surface area contributed by atoms with Gasteiger partial charge in [0.2, 0.25) is 0 Å². The third-order valence-corrected chi connectivity index (χ3v) is 3.88. The molecule has 2 N–H and O–H groups in total. The molecule has 0 aliphatic heterocycles. The molecule has 9 heteroatoms. The lowest BCUT2D eigenvalue weighted by molar-refractivity contribution is -0.146. The highest BCUT2D eigenvalue weighted by Crippen LogP contribution is 2.06. The van der Waals surface area contributed by atoms with Crippen LogP contribution in [0.25, 0.3) is 0 Å². The van der Waals surface area contributed by atoms with Crippen LogP contribution in [-0.4, -0.2) is 54.2 Å². The Morgan fingerprint density at radius 1 is 1.14 bits per heavy atom. The van der Waals surface area contributed by atoms with E-state index in [1.165, 1.54) is 6.33 Å². The zero-order valence-corrected chi connectivity index (χ0v) is 16.6. The van der Waals surface area contributed by atoms with Gasteiger partial charge < -0.3 is 23.9 Å². The number of carbonyl (C=O) groups excluding carboxylic acids is 2. The second-order valence-corrected chi connectivity index (χ2v) is 6.03. The second kappa shape index (κ2) is 12.7. The van der Waals surface area contributed by atoms with Crippen LogP contribution in [0.1, 0.15) is 25.1 Å². The molecule has 2 aromatic rings. The van der Waals surface area contributed by atoms with E-state index < -0.39 is 24.5 Å². The fourth-order valence-electron chi connectivity index (χ4n) is 2.53. The Bertz CT molecular complexity index is 717. The van der Waals surface area contributed by atoms with Gasteiger partial charge in [-0.25, -0.2) is 14.6 Å². The van der Waals surface area contributed by atoms with Crippen molar-refractivity contribution in [3.8, 4) is 0 Å². The standard InChI is InChI=1S/C20H27N3O6/c1-3-26-18(27-4-2)12-22-17(10-16-11-21-14-23-16)19(24)29-20(25)28-13-15-8-6-5-7-9-15/h5-9,11,14,17-18,22H,3-4,10,12-13H2,1-2H3,(H,21,23)/t17-/m0/s1. The molecule has 9 nitrogen and oxygen atoms in total. The average Bonchev–Trinajstić information content (AvgIpc) is 3.23. The van der Waals surface area contributed by atoms with Gasteiger partial charge in [0, 0.05) is 38.1 Å². The van der Waals surface area contributed by atoms with Crippen LogP contribution in [0.15, 0.2) is 42.9 Å². The molecule has 0 unspecified atom stereocenters. The van der Waals surface area contributed by atoms with Crippen LogP contribution in [0.3, 0.4) is 0 Å². The molecule has 158 valence electrons. The normalized spacial score (nSPS) is 12.0. The van der Waals surface area contributed by atoms with Crippen LogP contribution in [0.2, 0.25) is 0 Å². The fraction of sp³-hybridized carbons (Fsp3) is 0.450. The number of imidazole rings is 1. The highest BCUT2D eigenvalue weighted by molar-refractivity contribution is 5.85. The quantitative estimate of drug-likeness (QED) is 0.314. The topological polar surface area (TPSA) is 112 Å². The molecule has 0 fully saturated rings. The summed E-state index contributed by atoms with van der Waals surface area (Å²) in [6, 6.07) is 8.30. The van der Waals surface area contributed by atoms with Gasteiger partial charge in [0.15, 0.2) is 6.29 Å². The van der Waals surface area contributed by atoms with Gasteiger partial charge in [0.05, 0.1) is 6.33 Å². The van der Waals surface area contributed by atoms with Crippen LogP contribution >= 0.6 is 0 Å². The molecule has 2 rings (SSSR count). The van der Waals surface area contributed by atoms with E-state index in [0.29, 0.717) is 18.9 Å². The van der Waals surface area contributed by atoms with Crippen molar-refractivity contribution < 1.29 is 28.5 Å². The Morgan fingerprint density at radius 2 is 1.86 bits per heavy atom. The van der Waals surface area contributed by atoms with Crippen molar-refractivity contribution in [2.24, 2.45) is 0 Å². The van der Waals surface area contributed by atoms with Gasteiger partial charge in [-0.3, -0.25) is 5.32 Å². The molecule has 0 aliphatic carbocycles. The van der Waals surface area contributed by atoms with Crippen molar-refractivity contribution in [3.05, 3.63) is 54.1 Å². The Hall–Kier alpha value is -2.75. The van der Waals surface area contributed by atoms with Gasteiger partial charge in [-0.1, -0.05) is 30.3 Å². The number of H-pyrrole nitrogens is 1. The Balaban J connectivity index is 1.91. The van der Waals surface area contributed by atoms with Gasteiger partial charge in [-0.15, -0.1) is 0 Å². The lowest BCUT2D eigenvalue weighted by atomic mass is 10.1. The molecule has 0 saturated carbocycles. The molecular weight excluding hydrogens is 378 g/mol. The molecule has 0 aliphatic rings. The van der Waals surface area contributed by atoms with Crippen molar-refractivity contribution >= 4 is 12.1 Å². The summed E-state index contributed by atoms with van der Waals surface area (Å²) in [7, 11) is 0. The maximum atomic E-state index is 12.5. The first-order valence-electron chi connectivity index (χ1n) is 9.48. The first kappa shape index (κ1) is 22.5. The third-order valence-electron chi connectivity index (χ3n) is 3.88. The first-order valence-corrected chi connectivity index (χ1v) is 9.48.